The molecule has 1 saturated heterocycles. The molecule has 1 heterocycles. The van der Waals surface area contributed by atoms with Gasteiger partial charge in [0.2, 0.25) is 11.8 Å². The Kier molecular flexibility index (Phi) is 6.22. The standard InChI is InChI=1S/C20H30N2O3/c1-14(2)25-12-6-11-21-19(24)20(5)10-9-18(23)22(20)17-13-15(3)7-8-16(17)4/h7-8,13-14H,6,9-12H2,1-5H3,(H,21,24). The first-order valence-corrected chi connectivity index (χ1v) is 9.06. The molecule has 0 bridgehead atoms. The number of anilines is 1. The van der Waals surface area contributed by atoms with E-state index in [-0.39, 0.29) is 17.9 Å². The number of hydrogen-bond donors (Lipinski definition) is 1. The molecule has 5 heteroatoms. The Hall–Kier alpha value is -1.88. The van der Waals surface area contributed by atoms with Gasteiger partial charge in [-0.25, -0.2) is 0 Å². The van der Waals surface area contributed by atoms with Gasteiger partial charge < -0.3 is 10.1 Å². The molecule has 1 unspecified atom stereocenters. The highest BCUT2D eigenvalue weighted by atomic mass is 16.5. The summed E-state index contributed by atoms with van der Waals surface area (Å²) in [4.78, 5) is 27.1. The second-order valence-electron chi connectivity index (χ2n) is 7.32. The van der Waals surface area contributed by atoms with Crippen LogP contribution in [0.5, 0.6) is 0 Å². The molecule has 2 amide bonds. The Bertz CT molecular complexity index is 642. The number of carbonyl (C=O) groups is 2. The van der Waals surface area contributed by atoms with E-state index in [1.165, 1.54) is 0 Å². The number of rotatable bonds is 7. The number of nitrogens with zero attached hydrogens (tertiary/aromatic N) is 1. The van der Waals surface area contributed by atoms with E-state index in [2.05, 4.69) is 5.32 Å². The number of ether oxygens (including phenoxy) is 1. The molecule has 0 radical (unpaired) electrons. The molecule has 1 atom stereocenters. The number of nitrogens with one attached hydrogen (secondary N) is 1. The van der Waals surface area contributed by atoms with E-state index >= 15 is 0 Å². The minimum absolute atomic E-state index is 0.00879. The number of amides is 2. The van der Waals surface area contributed by atoms with Gasteiger partial charge in [-0.05, 0) is 64.7 Å². The van der Waals surface area contributed by atoms with Crippen LogP contribution in [0.15, 0.2) is 18.2 Å². The molecule has 138 valence electrons. The van der Waals surface area contributed by atoms with E-state index in [0.717, 1.165) is 23.2 Å². The van der Waals surface area contributed by atoms with Crippen LogP contribution in [0.3, 0.4) is 0 Å². The van der Waals surface area contributed by atoms with Gasteiger partial charge in [-0.3, -0.25) is 14.5 Å². The summed E-state index contributed by atoms with van der Waals surface area (Å²) in [5.41, 5.74) is 2.08. The minimum Gasteiger partial charge on any atom is -0.379 e. The summed E-state index contributed by atoms with van der Waals surface area (Å²) in [5, 5.41) is 2.98. The van der Waals surface area contributed by atoms with E-state index in [1.54, 1.807) is 4.90 Å². The van der Waals surface area contributed by atoms with E-state index in [9.17, 15) is 9.59 Å². The van der Waals surface area contributed by atoms with Crippen molar-refractivity contribution < 1.29 is 14.3 Å². The fourth-order valence-corrected chi connectivity index (χ4v) is 3.21. The van der Waals surface area contributed by atoms with Gasteiger partial charge in [0.25, 0.3) is 0 Å². The third kappa shape index (κ3) is 4.40. The van der Waals surface area contributed by atoms with Gasteiger partial charge in [-0.1, -0.05) is 12.1 Å². The van der Waals surface area contributed by atoms with Crippen LogP contribution in [0.1, 0.15) is 51.2 Å². The maximum absolute atomic E-state index is 12.8. The second kappa shape index (κ2) is 8.00. The topological polar surface area (TPSA) is 58.6 Å². The number of carbonyl (C=O) groups excluding carboxylic acids is 2. The highest BCUT2D eigenvalue weighted by Crippen LogP contribution is 2.37. The fourth-order valence-electron chi connectivity index (χ4n) is 3.21. The van der Waals surface area contributed by atoms with Crippen molar-refractivity contribution in [2.75, 3.05) is 18.1 Å². The van der Waals surface area contributed by atoms with Crippen LogP contribution in [-0.2, 0) is 14.3 Å². The van der Waals surface area contributed by atoms with Gasteiger partial charge in [0.15, 0.2) is 0 Å². The van der Waals surface area contributed by atoms with Crippen molar-refractivity contribution >= 4 is 17.5 Å². The van der Waals surface area contributed by atoms with Crippen molar-refractivity contribution in [1.29, 1.82) is 0 Å². The van der Waals surface area contributed by atoms with Crippen LogP contribution >= 0.6 is 0 Å². The van der Waals surface area contributed by atoms with E-state index < -0.39 is 5.54 Å². The summed E-state index contributed by atoms with van der Waals surface area (Å²) < 4.78 is 5.49. The molecule has 1 aliphatic rings. The highest BCUT2D eigenvalue weighted by molar-refractivity contribution is 6.07. The predicted molar refractivity (Wildman–Crippen MR) is 99.8 cm³/mol. The molecule has 25 heavy (non-hydrogen) atoms. The van der Waals surface area contributed by atoms with Crippen LogP contribution in [-0.4, -0.2) is 36.6 Å². The second-order valence-corrected chi connectivity index (χ2v) is 7.32. The Labute approximate surface area is 150 Å². The molecule has 0 aromatic heterocycles. The van der Waals surface area contributed by atoms with Crippen molar-refractivity contribution in [3.63, 3.8) is 0 Å². The van der Waals surface area contributed by atoms with Gasteiger partial charge in [0, 0.05) is 25.3 Å². The maximum Gasteiger partial charge on any atom is 0.246 e. The molecule has 0 saturated carbocycles. The first kappa shape index (κ1) is 19.4. The summed E-state index contributed by atoms with van der Waals surface area (Å²) in [6.45, 7) is 11.0. The summed E-state index contributed by atoms with van der Waals surface area (Å²) in [5.74, 6) is -0.0849. The van der Waals surface area contributed by atoms with Gasteiger partial charge in [-0.2, -0.15) is 0 Å². The summed E-state index contributed by atoms with van der Waals surface area (Å²) in [6, 6.07) is 6.00. The molecular formula is C20H30N2O3. The zero-order chi connectivity index (χ0) is 18.6. The van der Waals surface area contributed by atoms with Crippen molar-refractivity contribution in [2.45, 2.75) is 65.5 Å². The van der Waals surface area contributed by atoms with Crippen LogP contribution in [0, 0.1) is 13.8 Å². The average Bonchev–Trinajstić information content (AvgIpc) is 2.85. The van der Waals surface area contributed by atoms with Crippen LogP contribution in [0.25, 0.3) is 0 Å². The van der Waals surface area contributed by atoms with Crippen molar-refractivity contribution in [3.05, 3.63) is 29.3 Å². The Balaban J connectivity index is 2.10. The van der Waals surface area contributed by atoms with Crippen molar-refractivity contribution in [1.82, 2.24) is 5.32 Å². The third-order valence-corrected chi connectivity index (χ3v) is 4.72. The summed E-state index contributed by atoms with van der Waals surface area (Å²) >= 11 is 0. The Morgan fingerprint density at radius 1 is 1.36 bits per heavy atom. The zero-order valence-corrected chi connectivity index (χ0v) is 16.0. The molecule has 1 fully saturated rings. The van der Waals surface area contributed by atoms with Gasteiger partial charge in [0.05, 0.1) is 6.10 Å². The molecule has 1 aromatic rings. The van der Waals surface area contributed by atoms with Crippen molar-refractivity contribution in [2.24, 2.45) is 0 Å². The lowest BCUT2D eigenvalue weighted by molar-refractivity contribution is -0.127. The van der Waals surface area contributed by atoms with E-state index in [1.807, 2.05) is 52.8 Å². The number of hydrogen-bond acceptors (Lipinski definition) is 3. The molecule has 1 aromatic carbocycles. The lowest BCUT2D eigenvalue weighted by atomic mass is 9.96. The highest BCUT2D eigenvalue weighted by Gasteiger charge is 2.48. The quantitative estimate of drug-likeness (QED) is 0.772. The molecule has 0 spiro atoms. The van der Waals surface area contributed by atoms with Crippen LogP contribution in [0.4, 0.5) is 5.69 Å². The molecule has 1 N–H and O–H groups in total. The smallest absolute Gasteiger partial charge is 0.246 e. The fraction of sp³-hybridized carbons (Fsp3) is 0.600. The van der Waals surface area contributed by atoms with Crippen LogP contribution < -0.4 is 10.2 Å². The SMILES string of the molecule is Cc1ccc(C)c(N2C(=O)CCC2(C)C(=O)NCCCOC(C)C)c1. The molecule has 0 aliphatic carbocycles. The largest absolute Gasteiger partial charge is 0.379 e. The first-order valence-electron chi connectivity index (χ1n) is 9.06. The number of aryl methyl sites for hydroxylation is 2. The summed E-state index contributed by atoms with van der Waals surface area (Å²) in [6.07, 6.45) is 1.89. The molecule has 5 nitrogen and oxygen atoms in total. The monoisotopic (exact) mass is 346 g/mol. The summed E-state index contributed by atoms with van der Waals surface area (Å²) in [7, 11) is 0. The van der Waals surface area contributed by atoms with Gasteiger partial charge >= 0.3 is 0 Å². The van der Waals surface area contributed by atoms with Gasteiger partial charge in [0.1, 0.15) is 5.54 Å². The Morgan fingerprint density at radius 2 is 2.08 bits per heavy atom. The normalized spacial score (nSPS) is 20.4. The molecule has 2 rings (SSSR count). The lowest BCUT2D eigenvalue weighted by Crippen LogP contribution is -2.55. The lowest BCUT2D eigenvalue weighted by Gasteiger charge is -2.35. The molecular weight excluding hydrogens is 316 g/mol. The van der Waals surface area contributed by atoms with E-state index in [4.69, 9.17) is 4.74 Å². The molecule has 1 aliphatic heterocycles. The predicted octanol–water partition coefficient (Wildman–Crippen LogP) is 3.12. The minimum atomic E-state index is -0.839. The third-order valence-electron chi connectivity index (χ3n) is 4.72. The average molecular weight is 346 g/mol. The van der Waals surface area contributed by atoms with E-state index in [0.29, 0.717) is 26.0 Å². The zero-order valence-electron chi connectivity index (χ0n) is 16.0. The van der Waals surface area contributed by atoms with Crippen LogP contribution in [0.2, 0.25) is 0 Å². The Morgan fingerprint density at radius 3 is 2.76 bits per heavy atom. The maximum atomic E-state index is 12.8. The van der Waals surface area contributed by atoms with Gasteiger partial charge in [-0.15, -0.1) is 0 Å². The first-order chi connectivity index (χ1) is 11.8. The van der Waals surface area contributed by atoms with Crippen molar-refractivity contribution in [3.8, 4) is 0 Å². The number of benzene rings is 1.